The van der Waals surface area contributed by atoms with Gasteiger partial charge in [0.1, 0.15) is 0 Å². The second kappa shape index (κ2) is 8.72. The van der Waals surface area contributed by atoms with Crippen LogP contribution >= 0.6 is 0 Å². The van der Waals surface area contributed by atoms with Gasteiger partial charge in [-0.25, -0.2) is 0 Å². The van der Waals surface area contributed by atoms with E-state index in [9.17, 15) is 4.79 Å². The molecular formula is C12H27NO2. The van der Waals surface area contributed by atoms with E-state index in [0.717, 1.165) is 0 Å². The summed E-state index contributed by atoms with van der Waals surface area (Å²) >= 11 is 0. The van der Waals surface area contributed by atoms with Gasteiger partial charge in [-0.05, 0) is 5.41 Å². The summed E-state index contributed by atoms with van der Waals surface area (Å²) in [6.07, 6.45) is 0. The highest BCUT2D eigenvalue weighted by Gasteiger charge is 2.26. The second-order valence-electron chi connectivity index (χ2n) is 4.37. The quantitative estimate of drug-likeness (QED) is 0.735. The molecule has 0 bridgehead atoms. The van der Waals surface area contributed by atoms with E-state index in [0.29, 0.717) is 13.2 Å². The van der Waals surface area contributed by atoms with Crippen LogP contribution in [0.4, 0.5) is 0 Å². The van der Waals surface area contributed by atoms with Crippen molar-refractivity contribution in [2.24, 2.45) is 11.3 Å². The number of carbonyl (C=O) groups is 1. The van der Waals surface area contributed by atoms with Crippen LogP contribution in [0.2, 0.25) is 0 Å². The van der Waals surface area contributed by atoms with Crippen molar-refractivity contribution < 1.29 is 9.53 Å². The maximum Gasteiger partial charge on any atom is 0.223 e. The van der Waals surface area contributed by atoms with Crippen molar-refractivity contribution in [1.82, 2.24) is 5.32 Å². The van der Waals surface area contributed by atoms with Gasteiger partial charge in [-0.3, -0.25) is 4.79 Å². The largest absolute Gasteiger partial charge is 0.383 e. The van der Waals surface area contributed by atoms with Crippen molar-refractivity contribution in [1.29, 1.82) is 0 Å². The third kappa shape index (κ3) is 8.43. The number of ether oxygens (including phenoxy) is 1. The van der Waals surface area contributed by atoms with E-state index in [1.54, 1.807) is 7.11 Å². The normalized spacial score (nSPS) is 12.5. The van der Waals surface area contributed by atoms with Crippen molar-refractivity contribution in [3.05, 3.63) is 0 Å². The molecular weight excluding hydrogens is 190 g/mol. The van der Waals surface area contributed by atoms with Gasteiger partial charge in [0.2, 0.25) is 5.91 Å². The van der Waals surface area contributed by atoms with Crippen molar-refractivity contribution in [3.8, 4) is 0 Å². The fraction of sp³-hybridized carbons (Fsp3) is 0.917. The fourth-order valence-electron chi connectivity index (χ4n) is 0.823. The third-order valence-electron chi connectivity index (χ3n) is 2.30. The second-order valence-corrected chi connectivity index (χ2v) is 4.37. The Morgan fingerprint density at radius 3 is 2.13 bits per heavy atom. The number of hydrogen-bond donors (Lipinski definition) is 1. The molecule has 1 atom stereocenters. The average molecular weight is 217 g/mol. The first-order valence-electron chi connectivity index (χ1n) is 5.66. The van der Waals surface area contributed by atoms with E-state index in [4.69, 9.17) is 4.74 Å². The summed E-state index contributed by atoms with van der Waals surface area (Å²) in [7, 11) is 1.62. The molecule has 0 aromatic rings. The van der Waals surface area contributed by atoms with Gasteiger partial charge < -0.3 is 10.1 Å². The summed E-state index contributed by atoms with van der Waals surface area (Å²) in [5, 5.41) is 2.83. The molecule has 3 nitrogen and oxygen atoms in total. The first-order valence-corrected chi connectivity index (χ1v) is 5.66. The van der Waals surface area contributed by atoms with E-state index in [1.807, 2.05) is 20.8 Å². The van der Waals surface area contributed by atoms with Crippen LogP contribution in [0.3, 0.4) is 0 Å². The van der Waals surface area contributed by atoms with Crippen LogP contribution in [0.25, 0.3) is 0 Å². The number of hydrogen-bond acceptors (Lipinski definition) is 2. The zero-order valence-electron chi connectivity index (χ0n) is 11.3. The monoisotopic (exact) mass is 217 g/mol. The van der Waals surface area contributed by atoms with Gasteiger partial charge >= 0.3 is 0 Å². The van der Waals surface area contributed by atoms with E-state index >= 15 is 0 Å². The van der Waals surface area contributed by atoms with Crippen molar-refractivity contribution in [2.45, 2.75) is 41.5 Å². The molecule has 1 unspecified atom stereocenters. The van der Waals surface area contributed by atoms with E-state index in [2.05, 4.69) is 26.1 Å². The SMILES string of the molecule is CC.COCCNC(=O)C(C)C(C)(C)C. The minimum Gasteiger partial charge on any atom is -0.383 e. The predicted octanol–water partition coefficient (Wildman–Crippen LogP) is 2.46. The number of carbonyl (C=O) groups excluding carboxylic acids is 1. The Balaban J connectivity index is 0. The van der Waals surface area contributed by atoms with Crippen molar-refractivity contribution in [3.63, 3.8) is 0 Å². The lowest BCUT2D eigenvalue weighted by molar-refractivity contribution is -0.127. The van der Waals surface area contributed by atoms with Crippen LogP contribution in [0, 0.1) is 11.3 Å². The molecule has 0 aromatic heterocycles. The highest BCUT2D eigenvalue weighted by Crippen LogP contribution is 2.24. The van der Waals surface area contributed by atoms with Gasteiger partial charge in [-0.1, -0.05) is 41.5 Å². The summed E-state index contributed by atoms with van der Waals surface area (Å²) in [5.74, 6) is 0.133. The highest BCUT2D eigenvalue weighted by molar-refractivity contribution is 5.78. The molecule has 15 heavy (non-hydrogen) atoms. The van der Waals surface area contributed by atoms with E-state index in [1.165, 1.54) is 0 Å². The number of methoxy groups -OCH3 is 1. The van der Waals surface area contributed by atoms with Gasteiger partial charge in [0, 0.05) is 19.6 Å². The highest BCUT2D eigenvalue weighted by atomic mass is 16.5. The van der Waals surface area contributed by atoms with Gasteiger partial charge in [0.25, 0.3) is 0 Å². The van der Waals surface area contributed by atoms with E-state index < -0.39 is 0 Å². The number of nitrogens with one attached hydrogen (secondary N) is 1. The summed E-state index contributed by atoms with van der Waals surface area (Å²) in [4.78, 5) is 11.5. The minimum absolute atomic E-state index is 0.0250. The van der Waals surface area contributed by atoms with Gasteiger partial charge in [-0.15, -0.1) is 0 Å². The maximum absolute atomic E-state index is 11.5. The maximum atomic E-state index is 11.5. The van der Waals surface area contributed by atoms with E-state index in [-0.39, 0.29) is 17.2 Å². The third-order valence-corrected chi connectivity index (χ3v) is 2.30. The Hall–Kier alpha value is -0.570. The van der Waals surface area contributed by atoms with Crippen molar-refractivity contribution >= 4 is 5.91 Å². The van der Waals surface area contributed by atoms with Gasteiger partial charge in [0.15, 0.2) is 0 Å². The molecule has 0 aromatic carbocycles. The Kier molecular flexibility index (Phi) is 9.79. The molecule has 0 aliphatic heterocycles. The van der Waals surface area contributed by atoms with Crippen LogP contribution in [-0.4, -0.2) is 26.2 Å². The molecule has 0 aliphatic rings. The summed E-state index contributed by atoms with van der Waals surface area (Å²) in [6, 6.07) is 0. The molecule has 3 heteroatoms. The molecule has 0 saturated heterocycles. The van der Waals surface area contributed by atoms with Crippen LogP contribution < -0.4 is 5.32 Å². The summed E-state index contributed by atoms with van der Waals surface area (Å²) in [5.41, 5.74) is 0.0250. The molecule has 92 valence electrons. The Morgan fingerprint density at radius 2 is 1.80 bits per heavy atom. The molecule has 0 rings (SSSR count). The number of amides is 1. The van der Waals surface area contributed by atoms with Crippen LogP contribution in [-0.2, 0) is 9.53 Å². The number of rotatable bonds is 4. The topological polar surface area (TPSA) is 38.3 Å². The van der Waals surface area contributed by atoms with Crippen molar-refractivity contribution in [2.75, 3.05) is 20.3 Å². The van der Waals surface area contributed by atoms with Gasteiger partial charge in [0.05, 0.1) is 6.61 Å². The summed E-state index contributed by atoms with van der Waals surface area (Å²) < 4.78 is 4.84. The molecule has 0 aliphatic carbocycles. The first kappa shape index (κ1) is 16.8. The molecule has 0 fully saturated rings. The Bertz CT molecular complexity index is 161. The lowest BCUT2D eigenvalue weighted by Crippen LogP contribution is -2.37. The minimum atomic E-state index is 0.0250. The molecule has 1 amide bonds. The van der Waals surface area contributed by atoms with Crippen LogP contribution in [0.15, 0.2) is 0 Å². The zero-order chi connectivity index (χ0) is 12.5. The van der Waals surface area contributed by atoms with Crippen LogP contribution in [0.1, 0.15) is 41.5 Å². The lowest BCUT2D eigenvalue weighted by atomic mass is 9.81. The standard InChI is InChI=1S/C10H21NO2.C2H6/c1-8(10(2,3)4)9(12)11-6-7-13-5;1-2/h8H,6-7H2,1-5H3,(H,11,12);1-2H3. The summed E-state index contributed by atoms with van der Waals surface area (Å²) in [6.45, 7) is 13.3. The van der Waals surface area contributed by atoms with Gasteiger partial charge in [-0.2, -0.15) is 0 Å². The Morgan fingerprint density at radius 1 is 1.33 bits per heavy atom. The molecule has 0 radical (unpaired) electrons. The molecule has 1 N–H and O–H groups in total. The predicted molar refractivity (Wildman–Crippen MR) is 64.9 cm³/mol. The molecule has 0 spiro atoms. The lowest BCUT2D eigenvalue weighted by Gasteiger charge is -2.25. The fourth-order valence-corrected chi connectivity index (χ4v) is 0.823. The first-order chi connectivity index (χ1) is 6.89. The Labute approximate surface area is 94.6 Å². The smallest absolute Gasteiger partial charge is 0.223 e. The molecule has 0 heterocycles. The van der Waals surface area contributed by atoms with Crippen LogP contribution in [0.5, 0.6) is 0 Å². The zero-order valence-corrected chi connectivity index (χ0v) is 11.3. The molecule has 0 saturated carbocycles. The average Bonchev–Trinajstić information content (AvgIpc) is 2.18.